The van der Waals surface area contributed by atoms with Crippen molar-refractivity contribution in [2.24, 2.45) is 0 Å². The number of rotatable bonds is 3. The Balaban J connectivity index is 1.34. The number of benzene rings is 1. The van der Waals surface area contributed by atoms with Crippen molar-refractivity contribution in [2.45, 2.75) is 0 Å². The summed E-state index contributed by atoms with van der Waals surface area (Å²) in [5, 5.41) is 0. The van der Waals surface area contributed by atoms with Crippen molar-refractivity contribution in [3.63, 3.8) is 0 Å². The molecule has 1 aromatic carbocycles. The molecule has 1 fully saturated rings. The van der Waals surface area contributed by atoms with Gasteiger partial charge in [0.2, 0.25) is 0 Å². The normalized spacial score (nSPS) is 15.2. The standard InChI is InChI=1S/C24H23N7/c1-29-10-12-30(13-11-29)19-5-2-17(3-6-19)21-15-27-24-23(28-21)20(14-26-24)18-4-7-22-25-8-9-31(22)16-18/h2-9,14-16H,10-13H2,1H3,(H,26,27). The number of hydrogen-bond donors (Lipinski definition) is 1. The maximum Gasteiger partial charge on any atom is 0.156 e. The fraction of sp³-hybridized carbons (Fsp3) is 0.208. The van der Waals surface area contributed by atoms with Crippen molar-refractivity contribution >= 4 is 22.5 Å². The highest BCUT2D eigenvalue weighted by molar-refractivity contribution is 5.91. The van der Waals surface area contributed by atoms with E-state index in [1.807, 2.05) is 29.1 Å². The summed E-state index contributed by atoms with van der Waals surface area (Å²) >= 11 is 0. The Bertz CT molecular complexity index is 1360. The van der Waals surface area contributed by atoms with E-state index in [1.54, 1.807) is 6.20 Å². The van der Waals surface area contributed by atoms with Crippen LogP contribution in [0.15, 0.2) is 67.4 Å². The number of nitrogens with zero attached hydrogens (tertiary/aromatic N) is 6. The van der Waals surface area contributed by atoms with Crippen LogP contribution < -0.4 is 4.90 Å². The number of pyridine rings is 1. The third-order valence-electron chi connectivity index (χ3n) is 6.11. The van der Waals surface area contributed by atoms with E-state index < -0.39 is 0 Å². The van der Waals surface area contributed by atoms with Crippen molar-refractivity contribution in [3.05, 3.63) is 67.4 Å². The molecule has 7 nitrogen and oxygen atoms in total. The summed E-state index contributed by atoms with van der Waals surface area (Å²) in [6.45, 7) is 4.33. The number of H-pyrrole nitrogens is 1. The maximum atomic E-state index is 4.96. The monoisotopic (exact) mass is 409 g/mol. The smallest absolute Gasteiger partial charge is 0.156 e. The first-order chi connectivity index (χ1) is 15.2. The molecule has 0 saturated carbocycles. The number of likely N-dealkylation sites (N-methyl/N-ethyl adjacent to an activating group) is 1. The van der Waals surface area contributed by atoms with Crippen molar-refractivity contribution in [3.8, 4) is 22.4 Å². The molecule has 0 spiro atoms. The lowest BCUT2D eigenvalue weighted by Crippen LogP contribution is -2.44. The van der Waals surface area contributed by atoms with Gasteiger partial charge in [0.1, 0.15) is 11.2 Å². The quantitative estimate of drug-likeness (QED) is 0.492. The number of imidazole rings is 1. The summed E-state index contributed by atoms with van der Waals surface area (Å²) in [6.07, 6.45) is 9.64. The van der Waals surface area contributed by atoms with Crippen molar-refractivity contribution in [2.75, 3.05) is 38.1 Å². The van der Waals surface area contributed by atoms with Gasteiger partial charge in [0.25, 0.3) is 0 Å². The zero-order valence-corrected chi connectivity index (χ0v) is 17.4. The molecule has 6 rings (SSSR count). The molecule has 4 aromatic heterocycles. The molecular formula is C24H23N7. The summed E-state index contributed by atoms with van der Waals surface area (Å²) in [7, 11) is 2.18. The largest absolute Gasteiger partial charge is 0.369 e. The van der Waals surface area contributed by atoms with Crippen LogP contribution in [0.4, 0.5) is 5.69 Å². The molecule has 0 unspecified atom stereocenters. The summed E-state index contributed by atoms with van der Waals surface area (Å²) in [5.41, 5.74) is 7.92. The number of aromatic amines is 1. The number of anilines is 1. The van der Waals surface area contributed by atoms with E-state index in [0.717, 1.165) is 65.4 Å². The lowest BCUT2D eigenvalue weighted by atomic mass is 10.1. The van der Waals surface area contributed by atoms with Gasteiger partial charge >= 0.3 is 0 Å². The minimum Gasteiger partial charge on any atom is -0.369 e. The van der Waals surface area contributed by atoms with Gasteiger partial charge in [0, 0.05) is 73.3 Å². The molecule has 5 aromatic rings. The number of aromatic nitrogens is 5. The average Bonchev–Trinajstić information content (AvgIpc) is 3.45. The first kappa shape index (κ1) is 18.1. The highest BCUT2D eigenvalue weighted by atomic mass is 15.2. The number of fused-ring (bicyclic) bond motifs is 2. The van der Waals surface area contributed by atoms with Gasteiger partial charge in [-0.3, -0.25) is 0 Å². The zero-order chi connectivity index (χ0) is 20.8. The van der Waals surface area contributed by atoms with Gasteiger partial charge in [-0.2, -0.15) is 0 Å². The number of hydrogen-bond acceptors (Lipinski definition) is 5. The van der Waals surface area contributed by atoms with Crippen LogP contribution in [0, 0.1) is 0 Å². The van der Waals surface area contributed by atoms with E-state index in [0.29, 0.717) is 0 Å². The van der Waals surface area contributed by atoms with Gasteiger partial charge in [-0.1, -0.05) is 12.1 Å². The molecular weight excluding hydrogens is 386 g/mol. The van der Waals surface area contributed by atoms with E-state index >= 15 is 0 Å². The van der Waals surface area contributed by atoms with Crippen molar-refractivity contribution in [1.29, 1.82) is 0 Å². The molecule has 1 saturated heterocycles. The third-order valence-corrected chi connectivity index (χ3v) is 6.11. The van der Waals surface area contributed by atoms with E-state index in [4.69, 9.17) is 4.98 Å². The van der Waals surface area contributed by atoms with Crippen LogP contribution in [-0.4, -0.2) is 62.5 Å². The van der Waals surface area contributed by atoms with Crippen LogP contribution in [-0.2, 0) is 0 Å². The second kappa shape index (κ2) is 7.21. The highest BCUT2D eigenvalue weighted by Crippen LogP contribution is 2.29. The Hall–Kier alpha value is -3.71. The molecule has 0 amide bonds. The Kier molecular flexibility index (Phi) is 4.21. The first-order valence-corrected chi connectivity index (χ1v) is 10.6. The predicted octanol–water partition coefficient (Wildman–Crippen LogP) is 3.69. The van der Waals surface area contributed by atoms with Gasteiger partial charge < -0.3 is 19.2 Å². The molecule has 154 valence electrons. The minimum absolute atomic E-state index is 0.790. The van der Waals surface area contributed by atoms with Gasteiger partial charge in [-0.25, -0.2) is 15.0 Å². The summed E-state index contributed by atoms with van der Waals surface area (Å²) < 4.78 is 2.02. The van der Waals surface area contributed by atoms with Crippen LogP contribution in [0.5, 0.6) is 0 Å². The zero-order valence-electron chi connectivity index (χ0n) is 17.4. The molecule has 0 atom stereocenters. The third kappa shape index (κ3) is 3.23. The van der Waals surface area contributed by atoms with Gasteiger partial charge in [-0.15, -0.1) is 0 Å². The summed E-state index contributed by atoms with van der Waals surface area (Å²) in [4.78, 5) is 22.0. The van der Waals surface area contributed by atoms with Crippen LogP contribution in [0.25, 0.3) is 39.2 Å². The minimum atomic E-state index is 0.790. The molecule has 1 aliphatic heterocycles. The SMILES string of the molecule is CN1CCN(c2ccc(-c3cnc4[nH]cc(-c5ccc6nccn6c5)c4n3)cc2)CC1. The lowest BCUT2D eigenvalue weighted by molar-refractivity contribution is 0.313. The van der Waals surface area contributed by atoms with Crippen molar-refractivity contribution in [1.82, 2.24) is 29.2 Å². The Morgan fingerprint density at radius 3 is 2.55 bits per heavy atom. The molecule has 31 heavy (non-hydrogen) atoms. The maximum absolute atomic E-state index is 4.96. The highest BCUT2D eigenvalue weighted by Gasteiger charge is 2.15. The van der Waals surface area contributed by atoms with Gasteiger partial charge in [0.05, 0.1) is 11.9 Å². The molecule has 1 aliphatic rings. The summed E-state index contributed by atoms with van der Waals surface area (Å²) in [6, 6.07) is 12.8. The second-order valence-electron chi connectivity index (χ2n) is 8.10. The second-order valence-corrected chi connectivity index (χ2v) is 8.10. The van der Waals surface area contributed by atoms with Crippen molar-refractivity contribution < 1.29 is 0 Å². The van der Waals surface area contributed by atoms with Crippen LogP contribution in [0.1, 0.15) is 0 Å². The molecule has 7 heteroatoms. The van der Waals surface area contributed by atoms with Crippen LogP contribution >= 0.6 is 0 Å². The van der Waals surface area contributed by atoms with E-state index in [-0.39, 0.29) is 0 Å². The Labute approximate surface area is 180 Å². The van der Waals surface area contributed by atoms with E-state index in [2.05, 4.69) is 68.3 Å². The molecule has 0 bridgehead atoms. The van der Waals surface area contributed by atoms with Crippen LogP contribution in [0.3, 0.4) is 0 Å². The van der Waals surface area contributed by atoms with Crippen LogP contribution in [0.2, 0.25) is 0 Å². The fourth-order valence-corrected chi connectivity index (χ4v) is 4.24. The van der Waals surface area contributed by atoms with Gasteiger partial charge in [-0.05, 0) is 31.3 Å². The number of piperazine rings is 1. The van der Waals surface area contributed by atoms with Gasteiger partial charge in [0.15, 0.2) is 5.65 Å². The van der Waals surface area contributed by atoms with E-state index in [9.17, 15) is 0 Å². The first-order valence-electron chi connectivity index (χ1n) is 10.6. The molecule has 0 aliphatic carbocycles. The molecule has 0 radical (unpaired) electrons. The Morgan fingerprint density at radius 2 is 1.71 bits per heavy atom. The fourth-order valence-electron chi connectivity index (χ4n) is 4.24. The predicted molar refractivity (Wildman–Crippen MR) is 123 cm³/mol. The molecule has 1 N–H and O–H groups in total. The molecule has 5 heterocycles. The summed E-state index contributed by atoms with van der Waals surface area (Å²) in [5.74, 6) is 0. The number of nitrogens with one attached hydrogen (secondary N) is 1. The topological polar surface area (TPSA) is 65.3 Å². The average molecular weight is 409 g/mol. The van der Waals surface area contributed by atoms with E-state index in [1.165, 1.54) is 5.69 Å². The Morgan fingerprint density at radius 1 is 0.903 bits per heavy atom. The lowest BCUT2D eigenvalue weighted by Gasteiger charge is -2.34.